The highest BCUT2D eigenvalue weighted by molar-refractivity contribution is 7.99. The maximum absolute atomic E-state index is 12.3. The van der Waals surface area contributed by atoms with Crippen LogP contribution < -0.4 is 5.32 Å². The second-order valence-electron chi connectivity index (χ2n) is 5.32. The van der Waals surface area contributed by atoms with Gasteiger partial charge in [-0.1, -0.05) is 29.8 Å². The molecule has 0 spiro atoms. The Labute approximate surface area is 135 Å². The van der Waals surface area contributed by atoms with E-state index in [1.165, 1.54) is 12.5 Å². The third-order valence-corrected chi connectivity index (χ3v) is 4.96. The van der Waals surface area contributed by atoms with E-state index < -0.39 is 6.04 Å². The van der Waals surface area contributed by atoms with E-state index in [0.29, 0.717) is 18.9 Å². The van der Waals surface area contributed by atoms with E-state index in [-0.39, 0.29) is 17.2 Å². The first kappa shape index (κ1) is 16.8. The molecule has 1 aliphatic rings. The van der Waals surface area contributed by atoms with Gasteiger partial charge in [0.1, 0.15) is 11.4 Å². The molecular weight excluding hydrogens is 300 g/mol. The molecule has 0 unspecified atom stereocenters. The lowest BCUT2D eigenvalue weighted by Crippen LogP contribution is -2.47. The molecule has 1 aliphatic heterocycles. The van der Waals surface area contributed by atoms with Crippen molar-refractivity contribution in [2.24, 2.45) is 0 Å². The molecule has 6 heteroatoms. The normalized spacial score (nSPS) is 21.0. The van der Waals surface area contributed by atoms with Crippen molar-refractivity contribution >= 4 is 23.6 Å². The molecule has 2 atom stereocenters. The molecule has 120 valence electrons. The van der Waals surface area contributed by atoms with E-state index in [4.69, 9.17) is 4.74 Å². The summed E-state index contributed by atoms with van der Waals surface area (Å²) in [6.07, 6.45) is 0. The van der Waals surface area contributed by atoms with Gasteiger partial charge < -0.3 is 15.0 Å². The predicted molar refractivity (Wildman–Crippen MR) is 87.6 cm³/mol. The van der Waals surface area contributed by atoms with Crippen molar-refractivity contribution in [3.05, 3.63) is 35.4 Å². The first-order valence-corrected chi connectivity index (χ1v) is 8.33. The lowest BCUT2D eigenvalue weighted by Gasteiger charge is -2.28. The van der Waals surface area contributed by atoms with Crippen LogP contribution in [0.4, 0.5) is 0 Å². The number of carbonyl (C=O) groups excluding carboxylic acids is 2. The van der Waals surface area contributed by atoms with Crippen molar-refractivity contribution in [3.8, 4) is 0 Å². The highest BCUT2D eigenvalue weighted by Crippen LogP contribution is 2.41. The Hall–Kier alpha value is -1.53. The van der Waals surface area contributed by atoms with Crippen LogP contribution in [0, 0.1) is 6.92 Å². The Bertz CT molecular complexity index is 533. The number of rotatable bonds is 5. The van der Waals surface area contributed by atoms with Crippen LogP contribution in [0.5, 0.6) is 0 Å². The fourth-order valence-electron chi connectivity index (χ4n) is 2.47. The van der Waals surface area contributed by atoms with Crippen LogP contribution >= 0.6 is 11.8 Å². The van der Waals surface area contributed by atoms with Gasteiger partial charge in [-0.3, -0.25) is 9.59 Å². The summed E-state index contributed by atoms with van der Waals surface area (Å²) in [5.74, 6) is 0.411. The Morgan fingerprint density at radius 2 is 2.05 bits per heavy atom. The van der Waals surface area contributed by atoms with Crippen molar-refractivity contribution in [3.63, 3.8) is 0 Å². The van der Waals surface area contributed by atoms with Crippen LogP contribution in [0.25, 0.3) is 0 Å². The molecule has 1 saturated heterocycles. The van der Waals surface area contributed by atoms with Crippen molar-refractivity contribution < 1.29 is 14.3 Å². The molecule has 0 aliphatic carbocycles. The topological polar surface area (TPSA) is 58.6 Å². The van der Waals surface area contributed by atoms with Gasteiger partial charge >= 0.3 is 0 Å². The van der Waals surface area contributed by atoms with Gasteiger partial charge in [0.05, 0.1) is 6.61 Å². The zero-order valence-electron chi connectivity index (χ0n) is 13.2. The van der Waals surface area contributed by atoms with Gasteiger partial charge in [0.25, 0.3) is 0 Å². The summed E-state index contributed by atoms with van der Waals surface area (Å²) in [4.78, 5) is 26.0. The molecule has 0 saturated carbocycles. The second-order valence-corrected chi connectivity index (χ2v) is 6.44. The van der Waals surface area contributed by atoms with E-state index in [1.54, 1.807) is 23.8 Å². The van der Waals surface area contributed by atoms with Crippen LogP contribution in [-0.2, 0) is 14.3 Å². The predicted octanol–water partition coefficient (Wildman–Crippen LogP) is 1.72. The largest absolute Gasteiger partial charge is 0.383 e. The minimum absolute atomic E-state index is 0.0810. The Balaban J connectivity index is 2.12. The van der Waals surface area contributed by atoms with Gasteiger partial charge in [0.15, 0.2) is 0 Å². The molecule has 22 heavy (non-hydrogen) atoms. The number of hydrogen-bond donors (Lipinski definition) is 1. The van der Waals surface area contributed by atoms with E-state index in [9.17, 15) is 9.59 Å². The van der Waals surface area contributed by atoms with Crippen molar-refractivity contribution in [1.29, 1.82) is 0 Å². The first-order chi connectivity index (χ1) is 10.5. The number of methoxy groups -OCH3 is 1. The standard InChI is InChI=1S/C16H22N2O3S/c1-11-4-6-13(7-5-11)16-18(12(2)19)14(10-22-16)15(20)17-8-9-21-3/h4-7,14,16H,8-10H2,1-3H3,(H,17,20)/t14-,16+/m1/s1. The highest BCUT2D eigenvalue weighted by atomic mass is 32.2. The van der Waals surface area contributed by atoms with E-state index >= 15 is 0 Å². The van der Waals surface area contributed by atoms with Gasteiger partial charge in [0.2, 0.25) is 11.8 Å². The monoisotopic (exact) mass is 322 g/mol. The number of aryl methyl sites for hydroxylation is 1. The van der Waals surface area contributed by atoms with Crippen LogP contribution in [0.2, 0.25) is 0 Å². The van der Waals surface area contributed by atoms with Crippen LogP contribution in [0.3, 0.4) is 0 Å². The molecule has 0 bridgehead atoms. The molecule has 1 aromatic carbocycles. The average molecular weight is 322 g/mol. The Morgan fingerprint density at radius 3 is 2.64 bits per heavy atom. The van der Waals surface area contributed by atoms with Crippen molar-refractivity contribution in [1.82, 2.24) is 10.2 Å². The number of nitrogens with zero attached hydrogens (tertiary/aromatic N) is 1. The van der Waals surface area contributed by atoms with Crippen LogP contribution in [0.1, 0.15) is 23.4 Å². The maximum atomic E-state index is 12.3. The molecule has 1 aromatic rings. The molecule has 1 fully saturated rings. The molecular formula is C16H22N2O3S. The average Bonchev–Trinajstić information content (AvgIpc) is 2.93. The number of amides is 2. The zero-order valence-corrected chi connectivity index (χ0v) is 14.0. The molecule has 1 heterocycles. The Morgan fingerprint density at radius 1 is 1.36 bits per heavy atom. The SMILES string of the molecule is COCCNC(=O)[C@H]1CS[C@@H](c2ccc(C)cc2)N1C(C)=O. The fraction of sp³-hybridized carbons (Fsp3) is 0.500. The minimum Gasteiger partial charge on any atom is -0.383 e. The maximum Gasteiger partial charge on any atom is 0.243 e. The summed E-state index contributed by atoms with van der Waals surface area (Å²) in [5, 5.41) is 2.72. The van der Waals surface area contributed by atoms with Gasteiger partial charge in [0, 0.05) is 26.3 Å². The van der Waals surface area contributed by atoms with Crippen LogP contribution in [0.15, 0.2) is 24.3 Å². The van der Waals surface area contributed by atoms with Gasteiger partial charge in [-0.25, -0.2) is 0 Å². The number of hydrogen-bond acceptors (Lipinski definition) is 4. The molecule has 2 amide bonds. The molecule has 0 aromatic heterocycles. The molecule has 5 nitrogen and oxygen atoms in total. The number of nitrogens with one attached hydrogen (secondary N) is 1. The summed E-state index contributed by atoms with van der Waals surface area (Å²) in [6.45, 7) is 4.47. The summed E-state index contributed by atoms with van der Waals surface area (Å²) in [7, 11) is 1.59. The molecule has 2 rings (SSSR count). The van der Waals surface area contributed by atoms with E-state index in [0.717, 1.165) is 5.56 Å². The number of thioether (sulfide) groups is 1. The zero-order chi connectivity index (χ0) is 16.1. The van der Waals surface area contributed by atoms with Crippen LogP contribution in [-0.4, -0.2) is 48.8 Å². The second kappa shape index (κ2) is 7.65. The van der Waals surface area contributed by atoms with Crippen molar-refractivity contribution in [2.45, 2.75) is 25.3 Å². The fourth-order valence-corrected chi connectivity index (χ4v) is 3.96. The smallest absolute Gasteiger partial charge is 0.243 e. The van der Waals surface area contributed by atoms with Gasteiger partial charge in [-0.05, 0) is 12.5 Å². The first-order valence-electron chi connectivity index (χ1n) is 7.28. The highest BCUT2D eigenvalue weighted by Gasteiger charge is 2.40. The molecule has 0 radical (unpaired) electrons. The van der Waals surface area contributed by atoms with Gasteiger partial charge in [-0.2, -0.15) is 0 Å². The summed E-state index contributed by atoms with van der Waals surface area (Å²) in [6, 6.07) is 7.67. The number of carbonyl (C=O) groups is 2. The van der Waals surface area contributed by atoms with Crippen molar-refractivity contribution in [2.75, 3.05) is 26.0 Å². The lowest BCUT2D eigenvalue weighted by atomic mass is 10.1. The lowest BCUT2D eigenvalue weighted by molar-refractivity contribution is -0.138. The third kappa shape index (κ3) is 3.81. The number of benzene rings is 1. The quantitative estimate of drug-likeness (QED) is 0.839. The third-order valence-electron chi connectivity index (χ3n) is 3.63. The van der Waals surface area contributed by atoms with Gasteiger partial charge in [-0.15, -0.1) is 11.8 Å². The molecule has 1 N–H and O–H groups in total. The summed E-state index contributed by atoms with van der Waals surface area (Å²) >= 11 is 1.63. The van der Waals surface area contributed by atoms with E-state index in [2.05, 4.69) is 5.32 Å². The summed E-state index contributed by atoms with van der Waals surface area (Å²) < 4.78 is 4.93. The van der Waals surface area contributed by atoms with E-state index in [1.807, 2.05) is 31.2 Å². The summed E-state index contributed by atoms with van der Waals surface area (Å²) in [5.41, 5.74) is 2.23. The minimum atomic E-state index is -0.425. The Kier molecular flexibility index (Phi) is 5.85. The number of ether oxygens (including phenoxy) is 1.